The number of hydrogen-bond donors (Lipinski definition) is 3. The number of halogens is 2. The van der Waals surface area contributed by atoms with Crippen molar-refractivity contribution in [3.05, 3.63) is 41.0 Å². The van der Waals surface area contributed by atoms with Crippen LogP contribution in [0.3, 0.4) is 0 Å². The Kier molecular flexibility index (Phi) is 7.77. The third-order valence-electron chi connectivity index (χ3n) is 4.01. The lowest BCUT2D eigenvalue weighted by Gasteiger charge is -2.12. The topological polar surface area (TPSA) is 88.2 Å². The molecule has 0 saturated heterocycles. The molecule has 0 aliphatic carbocycles. The summed E-state index contributed by atoms with van der Waals surface area (Å²) in [6.45, 7) is 3.02. The predicted molar refractivity (Wildman–Crippen MR) is 118 cm³/mol. The normalized spacial score (nSPS) is 10.9. The third kappa shape index (κ3) is 4.97. The van der Waals surface area contributed by atoms with E-state index in [2.05, 4.69) is 25.3 Å². The Bertz CT molecular complexity index is 1030. The number of methoxy groups -OCH3 is 1. The van der Waals surface area contributed by atoms with Gasteiger partial charge in [0, 0.05) is 24.8 Å². The molecule has 0 spiro atoms. The van der Waals surface area contributed by atoms with Crippen LogP contribution in [-0.2, 0) is 4.74 Å². The van der Waals surface area contributed by atoms with Crippen molar-refractivity contribution in [2.45, 2.75) is 13.3 Å². The molecular weight excluding hydrogens is 432 g/mol. The number of ether oxygens (including phenoxy) is 1. The van der Waals surface area contributed by atoms with E-state index < -0.39 is 23.2 Å². The average molecular weight is 454 g/mol. The van der Waals surface area contributed by atoms with Crippen molar-refractivity contribution in [3.8, 4) is 0 Å². The minimum atomic E-state index is -0.858. The Morgan fingerprint density at radius 1 is 1.30 bits per heavy atom. The zero-order chi connectivity index (χ0) is 21.5. The standard InChI is InChI=1S/C19H21F2N5O2S2/c1-3-8-30-26-13-5-4-12(20)16(14(13)21)25-19(27)11-9-29-17-15(11)23-10-24-18(17)22-6-7-28-2/h4-5,9-10,26H,3,6-8H2,1-2H3,(H,25,27)(H,22,23,24). The molecule has 0 atom stereocenters. The number of nitrogens with zero attached hydrogens (tertiary/aromatic N) is 2. The number of hydrogen-bond acceptors (Lipinski definition) is 8. The number of benzene rings is 1. The zero-order valence-corrected chi connectivity index (χ0v) is 18.1. The van der Waals surface area contributed by atoms with E-state index in [4.69, 9.17) is 4.74 Å². The van der Waals surface area contributed by atoms with Gasteiger partial charge in [-0.3, -0.25) is 4.79 Å². The molecule has 1 amide bonds. The van der Waals surface area contributed by atoms with Crippen molar-refractivity contribution < 1.29 is 18.3 Å². The van der Waals surface area contributed by atoms with E-state index >= 15 is 0 Å². The van der Waals surface area contributed by atoms with Crippen molar-refractivity contribution in [3.63, 3.8) is 0 Å². The van der Waals surface area contributed by atoms with E-state index in [1.807, 2.05) is 6.92 Å². The quantitative estimate of drug-likeness (QED) is 0.302. The molecule has 0 saturated carbocycles. The Morgan fingerprint density at radius 2 is 2.13 bits per heavy atom. The van der Waals surface area contributed by atoms with E-state index in [0.29, 0.717) is 29.2 Å². The molecule has 0 radical (unpaired) electrons. The van der Waals surface area contributed by atoms with Crippen molar-refractivity contribution in [2.75, 3.05) is 41.4 Å². The molecule has 0 bridgehead atoms. The van der Waals surface area contributed by atoms with Gasteiger partial charge >= 0.3 is 0 Å². The molecule has 7 nitrogen and oxygen atoms in total. The molecular formula is C19H21F2N5O2S2. The first kappa shape index (κ1) is 22.2. The largest absolute Gasteiger partial charge is 0.383 e. The molecule has 160 valence electrons. The van der Waals surface area contributed by atoms with Crippen LogP contribution >= 0.6 is 23.3 Å². The fourth-order valence-corrected chi connectivity index (χ4v) is 4.15. The molecule has 0 unspecified atom stereocenters. The first-order valence-corrected chi connectivity index (χ1v) is 11.1. The number of anilines is 3. The predicted octanol–water partition coefficient (Wildman–Crippen LogP) is 4.75. The van der Waals surface area contributed by atoms with Crippen molar-refractivity contribution >= 4 is 56.6 Å². The van der Waals surface area contributed by atoms with E-state index in [-0.39, 0.29) is 11.3 Å². The van der Waals surface area contributed by atoms with Crippen LogP contribution < -0.4 is 15.4 Å². The van der Waals surface area contributed by atoms with E-state index in [1.165, 1.54) is 35.7 Å². The highest BCUT2D eigenvalue weighted by Crippen LogP contribution is 2.31. The summed E-state index contributed by atoms with van der Waals surface area (Å²) in [6.07, 6.45) is 2.23. The number of carbonyl (C=O) groups is 1. The number of amides is 1. The lowest BCUT2D eigenvalue weighted by Crippen LogP contribution is -2.15. The van der Waals surface area contributed by atoms with Crippen LogP contribution in [0.2, 0.25) is 0 Å². The number of rotatable bonds is 10. The summed E-state index contributed by atoms with van der Waals surface area (Å²) in [4.78, 5) is 21.1. The zero-order valence-electron chi connectivity index (χ0n) is 16.4. The molecule has 3 aromatic rings. The number of aromatic nitrogens is 2. The van der Waals surface area contributed by atoms with Crippen molar-refractivity contribution in [2.24, 2.45) is 0 Å². The van der Waals surface area contributed by atoms with Crippen LogP contribution in [-0.4, -0.2) is 41.9 Å². The molecule has 0 aliphatic rings. The lowest BCUT2D eigenvalue weighted by molar-refractivity contribution is 0.102. The van der Waals surface area contributed by atoms with E-state index in [9.17, 15) is 13.6 Å². The van der Waals surface area contributed by atoms with Gasteiger partial charge in [0.05, 0.1) is 28.1 Å². The summed E-state index contributed by atoms with van der Waals surface area (Å²) in [5.74, 6) is -1.04. The van der Waals surface area contributed by atoms with Gasteiger partial charge in [0.25, 0.3) is 5.91 Å². The highest BCUT2D eigenvalue weighted by Gasteiger charge is 2.21. The number of thiophene rings is 1. The van der Waals surface area contributed by atoms with Crippen molar-refractivity contribution in [1.82, 2.24) is 9.97 Å². The first-order chi connectivity index (χ1) is 14.6. The Labute approximate surface area is 180 Å². The van der Waals surface area contributed by atoms with Crippen LogP contribution in [0.5, 0.6) is 0 Å². The molecule has 0 aliphatic heterocycles. The molecule has 1 aromatic carbocycles. The van der Waals surface area contributed by atoms with Crippen LogP contribution in [0.15, 0.2) is 23.8 Å². The minimum absolute atomic E-state index is 0.104. The SMILES string of the molecule is CCCSNc1ccc(F)c(NC(=O)c2csc3c(NCCOC)ncnc23)c1F. The highest BCUT2D eigenvalue weighted by molar-refractivity contribution is 8.00. The molecule has 2 heterocycles. The van der Waals surface area contributed by atoms with Crippen molar-refractivity contribution in [1.29, 1.82) is 0 Å². The Hall–Kier alpha value is -2.50. The fraction of sp³-hybridized carbons (Fsp3) is 0.316. The molecule has 3 N–H and O–H groups in total. The van der Waals surface area contributed by atoms with Gasteiger partial charge in [-0.1, -0.05) is 18.9 Å². The summed E-state index contributed by atoms with van der Waals surface area (Å²) >= 11 is 2.58. The smallest absolute Gasteiger partial charge is 0.258 e. The summed E-state index contributed by atoms with van der Waals surface area (Å²) in [5.41, 5.74) is 0.215. The van der Waals surface area contributed by atoms with Gasteiger partial charge in [0.15, 0.2) is 5.82 Å². The molecule has 11 heteroatoms. The number of fused-ring (bicyclic) bond motifs is 1. The molecule has 30 heavy (non-hydrogen) atoms. The first-order valence-electron chi connectivity index (χ1n) is 9.19. The average Bonchev–Trinajstić information content (AvgIpc) is 3.18. The maximum absolute atomic E-state index is 14.7. The van der Waals surface area contributed by atoms with Crippen LogP contribution in [0.4, 0.5) is 26.0 Å². The van der Waals surface area contributed by atoms with Crippen LogP contribution in [0, 0.1) is 11.6 Å². The summed E-state index contributed by atoms with van der Waals surface area (Å²) < 4.78 is 37.5. The van der Waals surface area contributed by atoms with E-state index in [1.54, 1.807) is 12.5 Å². The summed E-state index contributed by atoms with van der Waals surface area (Å²) in [5, 5.41) is 7.04. The van der Waals surface area contributed by atoms with Gasteiger partial charge in [-0.2, -0.15) is 0 Å². The second-order valence-corrected chi connectivity index (χ2v) is 7.94. The number of carbonyl (C=O) groups excluding carboxylic acids is 1. The lowest BCUT2D eigenvalue weighted by atomic mass is 10.2. The summed E-state index contributed by atoms with van der Waals surface area (Å²) in [7, 11) is 1.59. The molecule has 3 rings (SSSR count). The van der Waals surface area contributed by atoms with Gasteiger partial charge in [-0.25, -0.2) is 18.7 Å². The van der Waals surface area contributed by atoms with Gasteiger partial charge < -0.3 is 20.1 Å². The Morgan fingerprint density at radius 3 is 2.90 bits per heavy atom. The maximum Gasteiger partial charge on any atom is 0.258 e. The van der Waals surface area contributed by atoms with Gasteiger partial charge in [0.2, 0.25) is 0 Å². The highest BCUT2D eigenvalue weighted by atomic mass is 32.2. The van der Waals surface area contributed by atoms with Gasteiger partial charge in [-0.15, -0.1) is 11.3 Å². The monoisotopic (exact) mass is 453 g/mol. The molecule has 0 fully saturated rings. The van der Waals surface area contributed by atoms with Crippen LogP contribution in [0.1, 0.15) is 23.7 Å². The number of nitrogens with one attached hydrogen (secondary N) is 3. The maximum atomic E-state index is 14.7. The van der Waals surface area contributed by atoms with E-state index in [0.717, 1.165) is 18.2 Å². The Balaban J connectivity index is 1.83. The summed E-state index contributed by atoms with van der Waals surface area (Å²) in [6, 6.07) is 2.41. The minimum Gasteiger partial charge on any atom is -0.383 e. The fourth-order valence-electron chi connectivity index (χ4n) is 2.57. The van der Waals surface area contributed by atoms with Gasteiger partial charge in [-0.05, 0) is 18.6 Å². The second-order valence-electron chi connectivity index (χ2n) is 6.16. The second kappa shape index (κ2) is 10.5. The van der Waals surface area contributed by atoms with Gasteiger partial charge in [0.1, 0.15) is 23.6 Å². The molecule has 2 aromatic heterocycles. The van der Waals surface area contributed by atoms with Crippen LogP contribution in [0.25, 0.3) is 10.2 Å². The third-order valence-corrected chi connectivity index (χ3v) is 5.97.